The normalized spacial score (nSPS) is 24.4. The molecule has 0 spiro atoms. The number of carbonyl (C=O) groups excluding carboxylic acids is 1. The van der Waals surface area contributed by atoms with Crippen LogP contribution in [0.15, 0.2) is 30.3 Å². The van der Waals surface area contributed by atoms with Crippen LogP contribution in [0.5, 0.6) is 0 Å². The van der Waals surface area contributed by atoms with Crippen LogP contribution in [-0.4, -0.2) is 29.7 Å². The van der Waals surface area contributed by atoms with Crippen molar-refractivity contribution >= 4 is 5.91 Å². The molecule has 0 saturated carbocycles. The van der Waals surface area contributed by atoms with Gasteiger partial charge in [0.1, 0.15) is 0 Å². The Morgan fingerprint density at radius 3 is 2.50 bits per heavy atom. The standard InChI is InChI=1S/C16H24N2O2/c1-16(2,3)14(11-7-5-4-6-8-11)18-15(20)13-9-12(19)10-17-13/h4-8,12-14,17,19H,9-10H2,1-3H3,(H,18,20). The van der Waals surface area contributed by atoms with E-state index in [1.165, 1.54) is 0 Å². The quantitative estimate of drug-likeness (QED) is 0.786. The maximum atomic E-state index is 12.3. The second-order valence-corrected chi connectivity index (χ2v) is 6.57. The molecule has 3 N–H and O–H groups in total. The van der Waals surface area contributed by atoms with Gasteiger partial charge in [-0.05, 0) is 17.4 Å². The Morgan fingerprint density at radius 1 is 1.35 bits per heavy atom. The molecule has 1 amide bonds. The summed E-state index contributed by atoms with van der Waals surface area (Å²) in [5, 5.41) is 15.7. The monoisotopic (exact) mass is 276 g/mol. The minimum absolute atomic E-state index is 0.0367. The van der Waals surface area contributed by atoms with Gasteiger partial charge in [-0.1, -0.05) is 51.1 Å². The lowest BCUT2D eigenvalue weighted by Gasteiger charge is -2.32. The molecule has 4 nitrogen and oxygen atoms in total. The summed E-state index contributed by atoms with van der Waals surface area (Å²) in [5.74, 6) is -0.0367. The van der Waals surface area contributed by atoms with Crippen molar-refractivity contribution in [2.75, 3.05) is 6.54 Å². The highest BCUT2D eigenvalue weighted by Crippen LogP contribution is 2.32. The fourth-order valence-corrected chi connectivity index (χ4v) is 2.60. The molecule has 0 aliphatic carbocycles. The van der Waals surface area contributed by atoms with Crippen LogP contribution in [-0.2, 0) is 4.79 Å². The third kappa shape index (κ3) is 3.58. The number of aliphatic hydroxyl groups excluding tert-OH is 1. The van der Waals surface area contributed by atoms with E-state index in [9.17, 15) is 9.90 Å². The molecule has 110 valence electrons. The Kier molecular flexibility index (Phi) is 4.45. The van der Waals surface area contributed by atoms with Gasteiger partial charge in [-0.2, -0.15) is 0 Å². The molecule has 3 unspecified atom stereocenters. The predicted molar refractivity (Wildman–Crippen MR) is 79.2 cm³/mol. The molecule has 0 bridgehead atoms. The first-order valence-corrected chi connectivity index (χ1v) is 7.14. The van der Waals surface area contributed by atoms with E-state index in [1.54, 1.807) is 0 Å². The van der Waals surface area contributed by atoms with Crippen LogP contribution in [0.25, 0.3) is 0 Å². The second-order valence-electron chi connectivity index (χ2n) is 6.57. The topological polar surface area (TPSA) is 61.4 Å². The van der Waals surface area contributed by atoms with Crippen LogP contribution in [0.2, 0.25) is 0 Å². The van der Waals surface area contributed by atoms with Crippen LogP contribution in [0, 0.1) is 5.41 Å². The fourth-order valence-electron chi connectivity index (χ4n) is 2.60. The van der Waals surface area contributed by atoms with E-state index in [-0.39, 0.29) is 23.4 Å². The van der Waals surface area contributed by atoms with Gasteiger partial charge in [0.2, 0.25) is 5.91 Å². The molecule has 2 rings (SSSR count). The molecule has 1 saturated heterocycles. The molecular formula is C16H24N2O2. The van der Waals surface area contributed by atoms with Gasteiger partial charge in [-0.15, -0.1) is 0 Å². The Morgan fingerprint density at radius 2 is 2.00 bits per heavy atom. The zero-order valence-electron chi connectivity index (χ0n) is 12.4. The molecule has 1 aliphatic heterocycles. The van der Waals surface area contributed by atoms with Crippen molar-refractivity contribution in [2.45, 2.75) is 45.4 Å². The molecule has 1 fully saturated rings. The summed E-state index contributed by atoms with van der Waals surface area (Å²) in [7, 11) is 0. The Labute approximate surface area is 120 Å². The van der Waals surface area contributed by atoms with Crippen LogP contribution < -0.4 is 10.6 Å². The lowest BCUT2D eigenvalue weighted by atomic mass is 9.82. The summed E-state index contributed by atoms with van der Waals surface area (Å²) in [4.78, 5) is 12.3. The van der Waals surface area contributed by atoms with E-state index in [0.29, 0.717) is 13.0 Å². The van der Waals surface area contributed by atoms with Gasteiger partial charge in [0, 0.05) is 6.54 Å². The van der Waals surface area contributed by atoms with E-state index in [0.717, 1.165) is 5.56 Å². The highest BCUT2D eigenvalue weighted by molar-refractivity contribution is 5.82. The van der Waals surface area contributed by atoms with Gasteiger partial charge in [-0.3, -0.25) is 4.79 Å². The smallest absolute Gasteiger partial charge is 0.237 e. The number of carbonyl (C=O) groups is 1. The van der Waals surface area contributed by atoms with Crippen molar-refractivity contribution < 1.29 is 9.90 Å². The van der Waals surface area contributed by atoms with Gasteiger partial charge in [-0.25, -0.2) is 0 Å². The van der Waals surface area contributed by atoms with Crippen molar-refractivity contribution in [1.29, 1.82) is 0 Å². The average molecular weight is 276 g/mol. The first kappa shape index (κ1) is 15.0. The Bertz CT molecular complexity index is 453. The van der Waals surface area contributed by atoms with E-state index >= 15 is 0 Å². The molecule has 0 aromatic heterocycles. The van der Waals surface area contributed by atoms with Crippen LogP contribution >= 0.6 is 0 Å². The molecule has 4 heteroatoms. The molecule has 3 atom stereocenters. The lowest BCUT2D eigenvalue weighted by molar-refractivity contribution is -0.124. The zero-order chi connectivity index (χ0) is 14.8. The van der Waals surface area contributed by atoms with Crippen molar-refractivity contribution in [3.05, 3.63) is 35.9 Å². The van der Waals surface area contributed by atoms with Gasteiger partial charge in [0.15, 0.2) is 0 Å². The summed E-state index contributed by atoms with van der Waals surface area (Å²) >= 11 is 0. The third-order valence-corrected chi connectivity index (χ3v) is 3.71. The van der Waals surface area contributed by atoms with Crippen molar-refractivity contribution in [3.63, 3.8) is 0 Å². The summed E-state index contributed by atoms with van der Waals surface area (Å²) in [6.45, 7) is 6.83. The molecule has 0 radical (unpaired) electrons. The SMILES string of the molecule is CC(C)(C)C(NC(=O)C1CC(O)CN1)c1ccccc1. The third-order valence-electron chi connectivity index (χ3n) is 3.71. The minimum Gasteiger partial charge on any atom is -0.392 e. The summed E-state index contributed by atoms with van der Waals surface area (Å²) in [6.07, 6.45) is 0.0628. The Balaban J connectivity index is 2.11. The van der Waals surface area contributed by atoms with Crippen molar-refractivity contribution in [2.24, 2.45) is 5.41 Å². The number of hydrogen-bond donors (Lipinski definition) is 3. The van der Waals surface area contributed by atoms with Crippen LogP contribution in [0.4, 0.5) is 0 Å². The lowest BCUT2D eigenvalue weighted by Crippen LogP contribution is -2.45. The maximum Gasteiger partial charge on any atom is 0.237 e. The van der Waals surface area contributed by atoms with E-state index in [4.69, 9.17) is 0 Å². The number of hydrogen-bond acceptors (Lipinski definition) is 3. The first-order valence-electron chi connectivity index (χ1n) is 7.14. The largest absolute Gasteiger partial charge is 0.392 e. The Hall–Kier alpha value is -1.39. The second kappa shape index (κ2) is 5.94. The summed E-state index contributed by atoms with van der Waals surface area (Å²) in [5.41, 5.74) is 1.03. The van der Waals surface area contributed by atoms with Gasteiger partial charge in [0.05, 0.1) is 18.2 Å². The summed E-state index contributed by atoms with van der Waals surface area (Å²) < 4.78 is 0. The van der Waals surface area contributed by atoms with Gasteiger partial charge < -0.3 is 15.7 Å². The van der Waals surface area contributed by atoms with Crippen molar-refractivity contribution in [1.82, 2.24) is 10.6 Å². The van der Waals surface area contributed by atoms with E-state index < -0.39 is 6.10 Å². The number of nitrogens with one attached hydrogen (secondary N) is 2. The van der Waals surface area contributed by atoms with E-state index in [2.05, 4.69) is 31.4 Å². The number of β-amino-alcohol motifs (C(OH)–C–C–N with tert-alkyl or cyclic N) is 1. The van der Waals surface area contributed by atoms with Gasteiger partial charge >= 0.3 is 0 Å². The first-order chi connectivity index (χ1) is 9.38. The zero-order valence-corrected chi connectivity index (χ0v) is 12.4. The maximum absolute atomic E-state index is 12.3. The molecule has 20 heavy (non-hydrogen) atoms. The number of aliphatic hydroxyl groups is 1. The highest BCUT2D eigenvalue weighted by atomic mass is 16.3. The fraction of sp³-hybridized carbons (Fsp3) is 0.562. The molecule has 1 aliphatic rings. The van der Waals surface area contributed by atoms with Gasteiger partial charge in [0.25, 0.3) is 0 Å². The number of rotatable bonds is 3. The molecule has 1 aromatic carbocycles. The minimum atomic E-state index is -0.421. The van der Waals surface area contributed by atoms with Crippen LogP contribution in [0.3, 0.4) is 0 Å². The molecule has 1 heterocycles. The van der Waals surface area contributed by atoms with E-state index in [1.807, 2.05) is 30.3 Å². The van der Waals surface area contributed by atoms with Crippen LogP contribution in [0.1, 0.15) is 38.8 Å². The van der Waals surface area contributed by atoms with Crippen molar-refractivity contribution in [3.8, 4) is 0 Å². The highest BCUT2D eigenvalue weighted by Gasteiger charge is 2.33. The predicted octanol–water partition coefficient (Wildman–Crippen LogP) is 1.61. The average Bonchev–Trinajstić information content (AvgIpc) is 2.82. The number of amides is 1. The molecular weight excluding hydrogens is 252 g/mol. The summed E-state index contributed by atoms with van der Waals surface area (Å²) in [6, 6.07) is 9.67. The number of benzene rings is 1. The molecule has 1 aromatic rings.